The highest BCUT2D eigenvalue weighted by Crippen LogP contribution is 2.44. The molecule has 1 N–H and O–H groups in total. The van der Waals surface area contributed by atoms with Crippen LogP contribution in [0.25, 0.3) is 0 Å². The normalized spacial score (nSPS) is 17.3. The number of hydrogen-bond donors (Lipinski definition) is 1. The van der Waals surface area contributed by atoms with Gasteiger partial charge in [-0.25, -0.2) is 19.2 Å². The van der Waals surface area contributed by atoms with E-state index in [1.165, 1.54) is 19.1 Å². The minimum Gasteiger partial charge on any atom is -0.365 e. The van der Waals surface area contributed by atoms with Crippen molar-refractivity contribution in [2.24, 2.45) is 5.10 Å². The first-order valence-corrected chi connectivity index (χ1v) is 11.7. The van der Waals surface area contributed by atoms with E-state index < -0.39 is 23.2 Å². The van der Waals surface area contributed by atoms with Gasteiger partial charge in [0.05, 0.1) is 17.9 Å². The number of carbonyl (C=O) groups excluding carboxylic acids is 1. The van der Waals surface area contributed by atoms with Crippen molar-refractivity contribution >= 4 is 11.6 Å². The summed E-state index contributed by atoms with van der Waals surface area (Å²) < 4.78 is 46.9. The summed E-state index contributed by atoms with van der Waals surface area (Å²) in [5, 5.41) is 4.12. The quantitative estimate of drug-likeness (QED) is 0.324. The van der Waals surface area contributed by atoms with Crippen LogP contribution in [0.5, 0.6) is 0 Å². The molecule has 2 aromatic carbocycles. The largest absolute Gasteiger partial charge is 0.365 e. The fourth-order valence-electron chi connectivity index (χ4n) is 4.88. The molecule has 0 atom stereocenters. The van der Waals surface area contributed by atoms with Crippen LogP contribution in [-0.2, 0) is 28.3 Å². The van der Waals surface area contributed by atoms with E-state index in [0.717, 1.165) is 61.3 Å². The van der Waals surface area contributed by atoms with Gasteiger partial charge in [-0.15, -0.1) is 0 Å². The molecule has 1 fully saturated rings. The average molecular weight is 495 g/mol. The molecule has 3 aromatic rings. The van der Waals surface area contributed by atoms with Crippen molar-refractivity contribution in [3.63, 3.8) is 0 Å². The smallest absolute Gasteiger partial charge is 0.236 e. The third kappa shape index (κ3) is 4.89. The first-order valence-electron chi connectivity index (χ1n) is 11.7. The molecule has 9 heteroatoms. The number of aromatic nitrogens is 1. The van der Waals surface area contributed by atoms with Gasteiger partial charge in [-0.3, -0.25) is 9.69 Å². The minimum atomic E-state index is -0.989. The van der Waals surface area contributed by atoms with Crippen molar-refractivity contribution in [1.29, 1.82) is 0 Å². The zero-order chi connectivity index (χ0) is 25.3. The van der Waals surface area contributed by atoms with Crippen LogP contribution in [-0.4, -0.2) is 34.6 Å². The molecule has 0 aliphatic carbocycles. The number of pyridine rings is 1. The fraction of sp³-hybridized carbons (Fsp3) is 0.296. The maximum Gasteiger partial charge on any atom is 0.236 e. The second kappa shape index (κ2) is 9.83. The van der Waals surface area contributed by atoms with Crippen molar-refractivity contribution in [3.8, 4) is 0 Å². The summed E-state index contributed by atoms with van der Waals surface area (Å²) >= 11 is 0. The minimum absolute atomic E-state index is 0.331. The van der Waals surface area contributed by atoms with Crippen molar-refractivity contribution in [2.75, 3.05) is 13.1 Å². The first kappa shape index (κ1) is 24.1. The highest BCUT2D eigenvalue weighted by Gasteiger charge is 2.43. The SMILES string of the molecule is CC(=O)N/N=C(\c1ccc(CN2CCC3(CC2)OCc2cc(F)ncc23)cc1)c1ccc(F)c(F)c1. The van der Waals surface area contributed by atoms with Gasteiger partial charge in [-0.2, -0.15) is 9.49 Å². The Morgan fingerprint density at radius 2 is 1.78 bits per heavy atom. The number of benzene rings is 2. The number of ether oxygens (including phenoxy) is 1. The predicted molar refractivity (Wildman–Crippen MR) is 127 cm³/mol. The van der Waals surface area contributed by atoms with Crippen LogP contribution in [0.2, 0.25) is 0 Å². The number of rotatable bonds is 5. The number of halogens is 3. The third-order valence-corrected chi connectivity index (χ3v) is 6.77. The Bertz CT molecular complexity index is 1320. The molecule has 0 bridgehead atoms. The predicted octanol–water partition coefficient (Wildman–Crippen LogP) is 4.41. The number of amides is 1. The molecule has 6 nitrogen and oxygen atoms in total. The van der Waals surface area contributed by atoms with Gasteiger partial charge in [0.25, 0.3) is 0 Å². The topological polar surface area (TPSA) is 66.8 Å². The standard InChI is InChI=1S/C27H25F3N4O2/c1-17(35)32-33-26(20-6-7-23(28)24(29)12-20)19-4-2-18(3-5-19)15-34-10-8-27(9-11-34)22-14-31-25(30)13-21(22)16-36-27/h2-7,12-14H,8-11,15-16H2,1H3,(H,32,35)/b33-26+. The van der Waals surface area contributed by atoms with Crippen LogP contribution in [0.3, 0.4) is 0 Å². The average Bonchev–Trinajstić information content (AvgIpc) is 3.20. The summed E-state index contributed by atoms with van der Waals surface area (Å²) in [4.78, 5) is 17.6. The highest BCUT2D eigenvalue weighted by atomic mass is 19.2. The van der Waals surface area contributed by atoms with Crippen LogP contribution >= 0.6 is 0 Å². The summed E-state index contributed by atoms with van der Waals surface area (Å²) in [7, 11) is 0. The van der Waals surface area contributed by atoms with Crippen LogP contribution in [0.15, 0.2) is 59.8 Å². The van der Waals surface area contributed by atoms with Gasteiger partial charge in [0.15, 0.2) is 11.6 Å². The Morgan fingerprint density at radius 1 is 1.06 bits per heavy atom. The van der Waals surface area contributed by atoms with Crippen molar-refractivity contribution in [1.82, 2.24) is 15.3 Å². The number of fused-ring (bicyclic) bond motifs is 2. The number of nitrogens with one attached hydrogen (secondary N) is 1. The van der Waals surface area contributed by atoms with Crippen LogP contribution in [0.1, 0.15) is 47.6 Å². The summed E-state index contributed by atoms with van der Waals surface area (Å²) in [6, 6.07) is 12.6. The molecule has 0 unspecified atom stereocenters. The lowest BCUT2D eigenvalue weighted by Crippen LogP contribution is -2.42. The molecule has 1 amide bonds. The van der Waals surface area contributed by atoms with Gasteiger partial charge in [-0.05, 0) is 48.2 Å². The lowest BCUT2D eigenvalue weighted by Gasteiger charge is -2.39. The number of carbonyl (C=O) groups is 1. The summed E-state index contributed by atoms with van der Waals surface area (Å²) in [5.41, 5.74) is 6.28. The van der Waals surface area contributed by atoms with E-state index in [2.05, 4.69) is 20.4 Å². The van der Waals surface area contributed by atoms with Gasteiger partial charge in [-0.1, -0.05) is 24.3 Å². The lowest BCUT2D eigenvalue weighted by molar-refractivity contribution is -0.118. The van der Waals surface area contributed by atoms with E-state index in [9.17, 15) is 18.0 Å². The molecule has 36 heavy (non-hydrogen) atoms. The zero-order valence-corrected chi connectivity index (χ0v) is 19.7. The number of piperidine rings is 1. The van der Waals surface area contributed by atoms with Gasteiger partial charge >= 0.3 is 0 Å². The Kier molecular flexibility index (Phi) is 6.59. The second-order valence-electron chi connectivity index (χ2n) is 9.18. The third-order valence-electron chi connectivity index (χ3n) is 6.77. The first-order chi connectivity index (χ1) is 17.3. The monoisotopic (exact) mass is 494 g/mol. The van der Waals surface area contributed by atoms with Gasteiger partial charge < -0.3 is 4.74 Å². The van der Waals surface area contributed by atoms with E-state index in [-0.39, 0.29) is 5.91 Å². The molecule has 3 heterocycles. The number of hydrogen-bond acceptors (Lipinski definition) is 5. The maximum atomic E-state index is 13.8. The van der Waals surface area contributed by atoms with E-state index in [0.29, 0.717) is 23.4 Å². The van der Waals surface area contributed by atoms with Crippen molar-refractivity contribution in [2.45, 2.75) is 38.5 Å². The number of likely N-dealkylation sites (tertiary alicyclic amines) is 1. The van der Waals surface area contributed by atoms with E-state index in [1.807, 2.05) is 24.3 Å². The highest BCUT2D eigenvalue weighted by molar-refractivity contribution is 6.13. The van der Waals surface area contributed by atoms with Crippen molar-refractivity contribution in [3.05, 3.63) is 100 Å². The summed E-state index contributed by atoms with van der Waals surface area (Å²) in [6.07, 6.45) is 3.21. The summed E-state index contributed by atoms with van der Waals surface area (Å²) in [5.74, 6) is -2.79. The molecule has 1 spiro atoms. The molecular weight excluding hydrogens is 469 g/mol. The number of hydrazone groups is 1. The maximum absolute atomic E-state index is 13.8. The molecule has 2 aliphatic rings. The van der Waals surface area contributed by atoms with Gasteiger partial charge in [0.1, 0.15) is 0 Å². The second-order valence-corrected chi connectivity index (χ2v) is 9.18. The molecular formula is C27H25F3N4O2. The van der Waals surface area contributed by atoms with Gasteiger partial charge in [0.2, 0.25) is 11.9 Å². The molecule has 1 saturated heterocycles. The Morgan fingerprint density at radius 3 is 2.47 bits per heavy atom. The fourth-order valence-corrected chi connectivity index (χ4v) is 4.88. The summed E-state index contributed by atoms with van der Waals surface area (Å²) in [6.45, 7) is 4.11. The zero-order valence-electron chi connectivity index (χ0n) is 19.7. The Labute approximate surface area is 206 Å². The van der Waals surface area contributed by atoms with Gasteiger partial charge in [0, 0.05) is 49.4 Å². The molecule has 186 valence electrons. The van der Waals surface area contributed by atoms with Crippen molar-refractivity contribution < 1.29 is 22.7 Å². The Hall–Kier alpha value is -3.56. The molecule has 5 rings (SSSR count). The van der Waals surface area contributed by atoms with E-state index >= 15 is 0 Å². The van der Waals surface area contributed by atoms with E-state index in [4.69, 9.17) is 4.74 Å². The molecule has 2 aliphatic heterocycles. The number of nitrogens with zero attached hydrogens (tertiary/aromatic N) is 3. The van der Waals surface area contributed by atoms with Crippen LogP contribution < -0.4 is 5.43 Å². The molecule has 0 saturated carbocycles. The Balaban J connectivity index is 1.27. The molecule has 1 aromatic heterocycles. The van der Waals surface area contributed by atoms with Crippen LogP contribution in [0.4, 0.5) is 13.2 Å². The van der Waals surface area contributed by atoms with Crippen LogP contribution in [0, 0.1) is 17.6 Å². The lowest BCUT2D eigenvalue weighted by atomic mass is 9.84. The van der Waals surface area contributed by atoms with E-state index in [1.54, 1.807) is 6.20 Å². The molecule has 0 radical (unpaired) electrons.